The average Bonchev–Trinajstić information content (AvgIpc) is 3.37. The Morgan fingerprint density at radius 2 is 2.10 bits per heavy atom. The number of hydrogen-bond acceptors (Lipinski definition) is 6. The number of nitrogens with one attached hydrogen (secondary N) is 4. The van der Waals surface area contributed by atoms with Gasteiger partial charge in [0.15, 0.2) is 6.23 Å². The van der Waals surface area contributed by atoms with Crippen LogP contribution in [0, 0.1) is 5.41 Å². The monoisotopic (exact) mass is 410 g/mol. The molecule has 3 heterocycles. The highest BCUT2D eigenvalue weighted by Crippen LogP contribution is 2.38. The molecule has 0 radical (unpaired) electrons. The summed E-state index contributed by atoms with van der Waals surface area (Å²) in [6, 6.07) is 7.77. The van der Waals surface area contributed by atoms with Gasteiger partial charge in [-0.2, -0.15) is 5.10 Å². The van der Waals surface area contributed by atoms with Crippen molar-refractivity contribution in [3.8, 4) is 11.4 Å². The maximum absolute atomic E-state index is 11.2. The molecule has 5 rings (SSSR count). The van der Waals surface area contributed by atoms with E-state index >= 15 is 0 Å². The summed E-state index contributed by atoms with van der Waals surface area (Å²) in [5.74, 6) is 0. The lowest BCUT2D eigenvalue weighted by Gasteiger charge is -2.28. The van der Waals surface area contributed by atoms with Gasteiger partial charge in [0.1, 0.15) is 5.69 Å². The highest BCUT2D eigenvalue weighted by molar-refractivity contribution is 7.12. The van der Waals surface area contributed by atoms with E-state index in [1.807, 2.05) is 18.2 Å². The molecule has 1 unspecified atom stereocenters. The second-order valence-corrected chi connectivity index (χ2v) is 9.33. The lowest BCUT2D eigenvalue weighted by atomic mass is 9.76. The molecule has 9 heteroatoms. The van der Waals surface area contributed by atoms with E-state index in [1.54, 1.807) is 0 Å². The molecule has 150 valence electrons. The topological polar surface area (TPSA) is 122 Å². The summed E-state index contributed by atoms with van der Waals surface area (Å²) in [7, 11) is 0. The van der Waals surface area contributed by atoms with E-state index in [2.05, 4.69) is 50.6 Å². The molecule has 8 nitrogen and oxygen atoms in total. The number of benzene rings is 1. The van der Waals surface area contributed by atoms with Crippen LogP contribution in [0.25, 0.3) is 22.3 Å². The third-order valence-corrected chi connectivity index (χ3v) is 6.25. The van der Waals surface area contributed by atoms with E-state index in [4.69, 9.17) is 0 Å². The van der Waals surface area contributed by atoms with E-state index in [0.29, 0.717) is 16.1 Å². The number of rotatable bonds is 4. The molecule has 1 aliphatic rings. The van der Waals surface area contributed by atoms with Crippen LogP contribution in [-0.4, -0.2) is 30.5 Å². The van der Waals surface area contributed by atoms with Gasteiger partial charge in [-0.3, -0.25) is 9.89 Å². The summed E-state index contributed by atoms with van der Waals surface area (Å²) in [6.07, 6.45) is 2.21. The predicted octanol–water partition coefficient (Wildman–Crippen LogP) is 3.32. The van der Waals surface area contributed by atoms with Crippen LogP contribution in [0.3, 0.4) is 0 Å². The number of anilines is 1. The first kappa shape index (κ1) is 18.1. The molecule has 0 bridgehead atoms. The Hall–Kier alpha value is -2.91. The Bertz CT molecular complexity index is 1250. The maximum atomic E-state index is 11.2. The van der Waals surface area contributed by atoms with Gasteiger partial charge >= 0.3 is 4.87 Å². The number of aromatic amines is 3. The van der Waals surface area contributed by atoms with Crippen molar-refractivity contribution in [3.63, 3.8) is 0 Å². The molecule has 0 fully saturated rings. The normalized spacial score (nSPS) is 16.7. The summed E-state index contributed by atoms with van der Waals surface area (Å²) in [5.41, 5.74) is 6.46. The van der Waals surface area contributed by atoms with Crippen molar-refractivity contribution in [1.82, 2.24) is 25.4 Å². The minimum absolute atomic E-state index is 0.267. The van der Waals surface area contributed by atoms with Gasteiger partial charge in [-0.15, -0.1) is 5.10 Å². The standard InChI is InChI=1S/C20H22N6O2S/c1-20(2)6-5-12-15(9-20)23-24-16(12)14-8-11-7-10(3-4-13(11)21-14)17(27)22-18-25-26-19(28)29-18/h3-4,7-8,17,21,27H,5-6,9H2,1-2H3,(H,22,25)(H,23,24)(H,26,28). The largest absolute Gasteiger partial charge is 0.369 e. The Balaban J connectivity index is 1.44. The lowest BCUT2D eigenvalue weighted by molar-refractivity contribution is 0.208. The molecule has 4 aromatic rings. The third kappa shape index (κ3) is 3.36. The number of hydrogen-bond donors (Lipinski definition) is 5. The molecule has 5 N–H and O–H groups in total. The Kier molecular flexibility index (Phi) is 4.11. The van der Waals surface area contributed by atoms with Gasteiger partial charge in [-0.1, -0.05) is 19.9 Å². The van der Waals surface area contributed by atoms with Crippen molar-refractivity contribution in [2.24, 2.45) is 5.41 Å². The number of nitrogens with zero attached hydrogens (tertiary/aromatic N) is 2. The van der Waals surface area contributed by atoms with Crippen LogP contribution in [0.2, 0.25) is 0 Å². The SMILES string of the molecule is CC1(C)CCc2c(-c3cc4cc(C(O)Nc5n[nH]c(=O)s5)ccc4[nH]3)n[nH]c2C1. The van der Waals surface area contributed by atoms with Crippen molar-refractivity contribution >= 4 is 27.4 Å². The summed E-state index contributed by atoms with van der Waals surface area (Å²) in [4.78, 5) is 14.4. The summed E-state index contributed by atoms with van der Waals surface area (Å²) in [5, 5.41) is 28.6. The summed E-state index contributed by atoms with van der Waals surface area (Å²) < 4.78 is 0. The van der Waals surface area contributed by atoms with Crippen LogP contribution < -0.4 is 10.2 Å². The van der Waals surface area contributed by atoms with E-state index in [9.17, 15) is 9.90 Å². The van der Waals surface area contributed by atoms with E-state index in [1.165, 1.54) is 11.3 Å². The summed E-state index contributed by atoms with van der Waals surface area (Å²) in [6.45, 7) is 4.59. The van der Waals surface area contributed by atoms with Crippen LogP contribution in [0.5, 0.6) is 0 Å². The van der Waals surface area contributed by atoms with Gasteiger partial charge < -0.3 is 15.4 Å². The number of H-pyrrole nitrogens is 3. The second kappa shape index (κ2) is 6.57. The molecule has 0 aliphatic heterocycles. The number of aliphatic hydroxyl groups is 1. The first-order chi connectivity index (χ1) is 13.9. The van der Waals surface area contributed by atoms with E-state index < -0.39 is 6.23 Å². The molecule has 1 atom stereocenters. The van der Waals surface area contributed by atoms with Gasteiger partial charge in [0.25, 0.3) is 0 Å². The molecule has 1 aliphatic carbocycles. The third-order valence-electron chi connectivity index (χ3n) is 5.57. The highest BCUT2D eigenvalue weighted by atomic mass is 32.1. The fourth-order valence-corrected chi connectivity index (χ4v) is 4.54. The van der Waals surface area contributed by atoms with Crippen molar-refractivity contribution in [3.05, 3.63) is 50.8 Å². The molecule has 0 saturated carbocycles. The fourth-order valence-electron chi connectivity index (χ4n) is 4.01. The second-order valence-electron chi connectivity index (χ2n) is 8.37. The van der Waals surface area contributed by atoms with Crippen molar-refractivity contribution < 1.29 is 5.11 Å². The van der Waals surface area contributed by atoms with Crippen LogP contribution >= 0.6 is 11.3 Å². The zero-order valence-electron chi connectivity index (χ0n) is 16.2. The average molecular weight is 411 g/mol. The Morgan fingerprint density at radius 1 is 1.24 bits per heavy atom. The molecule has 0 spiro atoms. The Morgan fingerprint density at radius 3 is 2.90 bits per heavy atom. The molecule has 1 aromatic carbocycles. The smallest absolute Gasteiger partial charge is 0.324 e. The zero-order valence-corrected chi connectivity index (χ0v) is 17.0. The van der Waals surface area contributed by atoms with E-state index in [0.717, 1.165) is 52.9 Å². The predicted molar refractivity (Wildman–Crippen MR) is 113 cm³/mol. The lowest BCUT2D eigenvalue weighted by Crippen LogP contribution is -2.21. The van der Waals surface area contributed by atoms with Gasteiger partial charge in [0, 0.05) is 27.7 Å². The zero-order chi connectivity index (χ0) is 20.2. The number of aliphatic hydroxyl groups excluding tert-OH is 1. The van der Waals surface area contributed by atoms with Gasteiger partial charge in [-0.25, -0.2) is 5.10 Å². The van der Waals surface area contributed by atoms with Crippen molar-refractivity contribution in [1.29, 1.82) is 0 Å². The number of fused-ring (bicyclic) bond motifs is 2. The molecule has 0 saturated heterocycles. The van der Waals surface area contributed by atoms with Gasteiger partial charge in [0.2, 0.25) is 5.13 Å². The van der Waals surface area contributed by atoms with Gasteiger partial charge in [-0.05, 0) is 54.2 Å². The Labute approximate surface area is 170 Å². The maximum Gasteiger partial charge on any atom is 0.324 e. The molecular formula is C20H22N6O2S. The first-order valence-electron chi connectivity index (χ1n) is 9.57. The molecule has 0 amide bonds. The van der Waals surface area contributed by atoms with Crippen molar-refractivity contribution in [2.45, 2.75) is 39.3 Å². The minimum Gasteiger partial charge on any atom is -0.369 e. The quantitative estimate of drug-likeness (QED) is 0.330. The molecule has 3 aromatic heterocycles. The van der Waals surface area contributed by atoms with Gasteiger partial charge in [0.05, 0.1) is 5.69 Å². The first-order valence-corrected chi connectivity index (χ1v) is 10.4. The van der Waals surface area contributed by atoms with Crippen LogP contribution in [0.4, 0.5) is 5.13 Å². The van der Waals surface area contributed by atoms with E-state index in [-0.39, 0.29) is 4.87 Å². The summed E-state index contributed by atoms with van der Waals surface area (Å²) >= 11 is 0.918. The molecular weight excluding hydrogens is 388 g/mol. The highest BCUT2D eigenvalue weighted by Gasteiger charge is 2.29. The van der Waals surface area contributed by atoms with Crippen LogP contribution in [-0.2, 0) is 12.8 Å². The number of aromatic nitrogens is 5. The fraction of sp³-hybridized carbons (Fsp3) is 0.350. The molecule has 29 heavy (non-hydrogen) atoms. The minimum atomic E-state index is -0.961. The van der Waals surface area contributed by atoms with Crippen molar-refractivity contribution in [2.75, 3.05) is 5.32 Å². The van der Waals surface area contributed by atoms with Crippen LogP contribution in [0.15, 0.2) is 29.1 Å². The van der Waals surface area contributed by atoms with Crippen LogP contribution in [0.1, 0.15) is 43.3 Å².